The molecule has 2 aromatic rings. The van der Waals surface area contributed by atoms with E-state index in [1.807, 2.05) is 12.1 Å². The fourth-order valence-corrected chi connectivity index (χ4v) is 2.42. The average Bonchev–Trinajstić information content (AvgIpc) is 2.49. The lowest BCUT2D eigenvalue weighted by molar-refractivity contribution is -0.137. The minimum Gasteiger partial charge on any atom is -0.454 e. The van der Waals surface area contributed by atoms with Gasteiger partial charge in [-0.25, -0.2) is 0 Å². The summed E-state index contributed by atoms with van der Waals surface area (Å²) in [6, 6.07) is 8.61. The van der Waals surface area contributed by atoms with E-state index in [0.29, 0.717) is 10.6 Å². The summed E-state index contributed by atoms with van der Waals surface area (Å²) in [5.74, 6) is 0.612. The van der Waals surface area contributed by atoms with Gasteiger partial charge in [0.1, 0.15) is 11.5 Å². The monoisotopic (exact) mass is 355 g/mol. The topological polar surface area (TPSA) is 35.2 Å². The van der Waals surface area contributed by atoms with Gasteiger partial charge in [0.25, 0.3) is 0 Å². The van der Waals surface area contributed by atoms with Crippen LogP contribution in [0.15, 0.2) is 41.3 Å². The molecule has 0 radical (unpaired) electrons. The zero-order chi connectivity index (χ0) is 18.1. The second-order valence-electron chi connectivity index (χ2n) is 6.27. The number of nitrogens with two attached hydrogens (primary N) is 1. The molecular formula is C18H20F3NOS. The smallest absolute Gasteiger partial charge is 0.416 e. The number of hydrogen-bond acceptors (Lipinski definition) is 3. The minimum absolute atomic E-state index is 0.00337. The van der Waals surface area contributed by atoms with Crippen molar-refractivity contribution in [3.63, 3.8) is 0 Å². The van der Waals surface area contributed by atoms with E-state index >= 15 is 0 Å². The lowest BCUT2D eigenvalue weighted by Gasteiger charge is -2.24. The van der Waals surface area contributed by atoms with E-state index in [1.165, 1.54) is 6.07 Å². The van der Waals surface area contributed by atoms with Crippen LogP contribution in [0.2, 0.25) is 0 Å². The first-order valence-corrected chi connectivity index (χ1v) is 7.97. The Hall–Kier alpha value is -1.82. The number of rotatable bonds is 4. The number of halogens is 3. The normalized spacial score (nSPS) is 12.3. The summed E-state index contributed by atoms with van der Waals surface area (Å²) in [4.78, 5) is 0.605. The van der Waals surface area contributed by atoms with Crippen molar-refractivity contribution < 1.29 is 17.9 Å². The Morgan fingerprint density at radius 3 is 2.08 bits per heavy atom. The molecule has 2 rings (SSSR count). The Morgan fingerprint density at radius 1 is 1.00 bits per heavy atom. The van der Waals surface area contributed by atoms with Crippen LogP contribution < -0.4 is 10.5 Å². The zero-order valence-electron chi connectivity index (χ0n) is 13.7. The lowest BCUT2D eigenvalue weighted by atomic mass is 9.82. The Labute approximate surface area is 145 Å². The molecule has 2 aromatic carbocycles. The Balaban J connectivity index is 2.29. The fraction of sp³-hybridized carbons (Fsp3) is 0.333. The van der Waals surface area contributed by atoms with Gasteiger partial charge in [0.05, 0.1) is 11.3 Å². The number of nitrogen functional groups attached to an aromatic ring is 1. The Bertz CT molecular complexity index is 742. The van der Waals surface area contributed by atoms with E-state index in [1.54, 1.807) is 6.07 Å². The standard InChI is InChI=1S/C18H20F3NOS/c1-4-17(2,3)11-5-8-15(16(24)10-11)23-14-7-6-12(9-13(14)22)18(19,20)21/h5-10,24H,4,22H2,1-3H3. The number of anilines is 1. The summed E-state index contributed by atoms with van der Waals surface area (Å²) in [5, 5.41) is 0. The maximum Gasteiger partial charge on any atom is 0.416 e. The molecule has 6 heteroatoms. The molecule has 0 spiro atoms. The van der Waals surface area contributed by atoms with E-state index in [2.05, 4.69) is 33.4 Å². The van der Waals surface area contributed by atoms with Gasteiger partial charge in [0.2, 0.25) is 0 Å². The molecule has 0 saturated heterocycles. The van der Waals surface area contributed by atoms with E-state index in [-0.39, 0.29) is 16.9 Å². The average molecular weight is 355 g/mol. The van der Waals surface area contributed by atoms with Crippen molar-refractivity contribution in [1.29, 1.82) is 0 Å². The second kappa shape index (κ2) is 6.59. The van der Waals surface area contributed by atoms with Crippen LogP contribution in [0, 0.1) is 0 Å². The maximum absolute atomic E-state index is 12.7. The predicted octanol–water partition coefficient (Wildman–Crippen LogP) is 6.06. The Morgan fingerprint density at radius 2 is 1.58 bits per heavy atom. The van der Waals surface area contributed by atoms with Crippen molar-refractivity contribution in [3.05, 3.63) is 47.5 Å². The van der Waals surface area contributed by atoms with E-state index < -0.39 is 11.7 Å². The van der Waals surface area contributed by atoms with Gasteiger partial charge >= 0.3 is 6.18 Å². The molecular weight excluding hydrogens is 335 g/mol. The highest BCUT2D eigenvalue weighted by atomic mass is 32.1. The molecule has 0 aromatic heterocycles. The zero-order valence-corrected chi connectivity index (χ0v) is 14.6. The first-order valence-electron chi connectivity index (χ1n) is 7.52. The second-order valence-corrected chi connectivity index (χ2v) is 6.75. The van der Waals surface area contributed by atoms with Crippen LogP contribution in [0.5, 0.6) is 11.5 Å². The van der Waals surface area contributed by atoms with Crippen LogP contribution in [0.25, 0.3) is 0 Å². The van der Waals surface area contributed by atoms with Gasteiger partial charge in [0.15, 0.2) is 0 Å². The van der Waals surface area contributed by atoms with Crippen LogP contribution in [-0.4, -0.2) is 0 Å². The van der Waals surface area contributed by atoms with Crippen molar-refractivity contribution in [2.45, 2.75) is 43.7 Å². The number of benzene rings is 2. The third-order valence-corrected chi connectivity index (χ3v) is 4.53. The van der Waals surface area contributed by atoms with Crippen LogP contribution >= 0.6 is 12.6 Å². The summed E-state index contributed by atoms with van der Waals surface area (Å²) in [5.41, 5.74) is 5.92. The molecule has 0 atom stereocenters. The largest absolute Gasteiger partial charge is 0.454 e. The van der Waals surface area contributed by atoms with Crippen molar-refractivity contribution in [3.8, 4) is 11.5 Å². The summed E-state index contributed by atoms with van der Waals surface area (Å²) in [6.45, 7) is 6.36. The number of ether oxygens (including phenoxy) is 1. The molecule has 2 nitrogen and oxygen atoms in total. The third-order valence-electron chi connectivity index (χ3n) is 4.18. The highest BCUT2D eigenvalue weighted by Crippen LogP contribution is 2.38. The van der Waals surface area contributed by atoms with Crippen LogP contribution in [0.4, 0.5) is 18.9 Å². The Kier molecular flexibility index (Phi) is 5.08. The highest BCUT2D eigenvalue weighted by molar-refractivity contribution is 7.80. The van der Waals surface area contributed by atoms with Gasteiger partial charge in [-0.2, -0.15) is 13.2 Å². The number of alkyl halides is 3. The summed E-state index contributed by atoms with van der Waals surface area (Å²) in [6.07, 6.45) is -3.47. The molecule has 130 valence electrons. The molecule has 24 heavy (non-hydrogen) atoms. The third kappa shape index (κ3) is 3.98. The van der Waals surface area contributed by atoms with E-state index in [9.17, 15) is 13.2 Å². The summed E-state index contributed by atoms with van der Waals surface area (Å²) < 4.78 is 43.7. The molecule has 0 saturated carbocycles. The minimum atomic E-state index is -4.44. The van der Waals surface area contributed by atoms with Gasteiger partial charge in [-0.15, -0.1) is 12.6 Å². The van der Waals surface area contributed by atoms with Gasteiger partial charge in [0, 0.05) is 4.90 Å². The lowest BCUT2D eigenvalue weighted by Crippen LogP contribution is -2.15. The van der Waals surface area contributed by atoms with Crippen molar-refractivity contribution in [2.24, 2.45) is 0 Å². The van der Waals surface area contributed by atoms with Crippen molar-refractivity contribution in [2.75, 3.05) is 5.73 Å². The maximum atomic E-state index is 12.7. The number of hydrogen-bond donors (Lipinski definition) is 2. The molecule has 0 amide bonds. The first-order chi connectivity index (χ1) is 11.0. The molecule has 0 unspecified atom stereocenters. The van der Waals surface area contributed by atoms with Gasteiger partial charge in [-0.3, -0.25) is 0 Å². The summed E-state index contributed by atoms with van der Waals surface area (Å²) in [7, 11) is 0. The predicted molar refractivity (Wildman–Crippen MR) is 92.9 cm³/mol. The molecule has 0 aliphatic rings. The van der Waals surface area contributed by atoms with E-state index in [4.69, 9.17) is 10.5 Å². The van der Waals surface area contributed by atoms with Crippen LogP contribution in [-0.2, 0) is 11.6 Å². The quantitative estimate of drug-likeness (QED) is 0.517. The fourth-order valence-electron chi connectivity index (χ4n) is 2.16. The van der Waals surface area contributed by atoms with Crippen molar-refractivity contribution in [1.82, 2.24) is 0 Å². The SMILES string of the molecule is CCC(C)(C)c1ccc(Oc2ccc(C(F)(F)F)cc2N)c(S)c1. The number of thiol groups is 1. The molecule has 0 aliphatic carbocycles. The molecule has 0 heterocycles. The highest BCUT2D eigenvalue weighted by Gasteiger charge is 2.31. The van der Waals surface area contributed by atoms with Crippen LogP contribution in [0.1, 0.15) is 38.3 Å². The summed E-state index contributed by atoms with van der Waals surface area (Å²) >= 11 is 4.42. The van der Waals surface area contributed by atoms with Gasteiger partial charge < -0.3 is 10.5 Å². The molecule has 0 aliphatic heterocycles. The molecule has 0 fully saturated rings. The molecule has 2 N–H and O–H groups in total. The molecule has 0 bridgehead atoms. The van der Waals surface area contributed by atoms with E-state index in [0.717, 1.165) is 24.1 Å². The first kappa shape index (κ1) is 18.5. The van der Waals surface area contributed by atoms with Gasteiger partial charge in [-0.1, -0.05) is 26.8 Å². The van der Waals surface area contributed by atoms with Crippen LogP contribution in [0.3, 0.4) is 0 Å². The van der Waals surface area contributed by atoms with Gasteiger partial charge in [-0.05, 0) is 47.7 Å². The van der Waals surface area contributed by atoms with Crippen molar-refractivity contribution >= 4 is 18.3 Å².